The molecule has 0 saturated carbocycles. The van der Waals surface area contributed by atoms with Crippen molar-refractivity contribution in [1.82, 2.24) is 10.6 Å². The minimum atomic E-state index is 0. The zero-order chi connectivity index (χ0) is 9.97. The van der Waals surface area contributed by atoms with Crippen molar-refractivity contribution in [3.8, 4) is 0 Å². The second-order valence-electron chi connectivity index (χ2n) is 3.38. The van der Waals surface area contributed by atoms with Gasteiger partial charge in [0.15, 0.2) is 0 Å². The standard InChI is InChI=1S/C10H12Br2N2.ClH/c11-8-2-1-7(5-9(8)12)10-6-13-3-4-14-10;/h1-2,5,10,13-14H,3-4,6H2;1H/t10-;/m1./s1. The lowest BCUT2D eigenvalue weighted by atomic mass is 10.1. The topological polar surface area (TPSA) is 24.1 Å². The Labute approximate surface area is 113 Å². The third-order valence-electron chi connectivity index (χ3n) is 2.39. The number of hydrogen-bond acceptors (Lipinski definition) is 2. The van der Waals surface area contributed by atoms with E-state index in [9.17, 15) is 0 Å². The van der Waals surface area contributed by atoms with Gasteiger partial charge >= 0.3 is 0 Å². The van der Waals surface area contributed by atoms with Crippen LogP contribution in [0.1, 0.15) is 11.6 Å². The molecule has 2 rings (SSSR count). The van der Waals surface area contributed by atoms with E-state index in [-0.39, 0.29) is 12.4 Å². The van der Waals surface area contributed by atoms with E-state index >= 15 is 0 Å². The zero-order valence-electron chi connectivity index (χ0n) is 8.09. The monoisotopic (exact) mass is 354 g/mol. The molecule has 1 saturated heterocycles. The van der Waals surface area contributed by atoms with Crippen molar-refractivity contribution in [2.75, 3.05) is 19.6 Å². The Morgan fingerprint density at radius 3 is 2.53 bits per heavy atom. The van der Waals surface area contributed by atoms with Crippen molar-refractivity contribution in [3.63, 3.8) is 0 Å². The van der Waals surface area contributed by atoms with Gasteiger partial charge < -0.3 is 10.6 Å². The minimum absolute atomic E-state index is 0. The van der Waals surface area contributed by atoms with Crippen LogP contribution in [-0.4, -0.2) is 19.6 Å². The smallest absolute Gasteiger partial charge is 0.0447 e. The van der Waals surface area contributed by atoms with Crippen LogP contribution in [0.25, 0.3) is 0 Å². The molecule has 0 bridgehead atoms. The van der Waals surface area contributed by atoms with E-state index in [1.54, 1.807) is 0 Å². The van der Waals surface area contributed by atoms with Crippen LogP contribution < -0.4 is 10.6 Å². The molecule has 1 aliphatic heterocycles. The molecular formula is C10H13Br2ClN2. The van der Waals surface area contributed by atoms with Crippen LogP contribution in [0.2, 0.25) is 0 Å². The molecule has 0 aliphatic carbocycles. The first-order chi connectivity index (χ1) is 6.77. The molecule has 0 spiro atoms. The van der Waals surface area contributed by atoms with Gasteiger partial charge in [0.1, 0.15) is 0 Å². The maximum absolute atomic E-state index is 3.52. The van der Waals surface area contributed by atoms with Crippen LogP contribution in [0, 0.1) is 0 Å². The summed E-state index contributed by atoms with van der Waals surface area (Å²) in [5.41, 5.74) is 1.33. The van der Waals surface area contributed by atoms with Gasteiger partial charge in [-0.1, -0.05) is 6.07 Å². The number of rotatable bonds is 1. The van der Waals surface area contributed by atoms with Gasteiger partial charge in [0, 0.05) is 34.6 Å². The summed E-state index contributed by atoms with van der Waals surface area (Å²) in [6.07, 6.45) is 0. The van der Waals surface area contributed by atoms with Crippen molar-refractivity contribution in [1.29, 1.82) is 0 Å². The van der Waals surface area contributed by atoms with Gasteiger partial charge in [-0.05, 0) is 49.6 Å². The molecular weight excluding hydrogens is 343 g/mol. The Bertz CT molecular complexity index is 327. The summed E-state index contributed by atoms with van der Waals surface area (Å²) < 4.78 is 2.22. The summed E-state index contributed by atoms with van der Waals surface area (Å²) in [4.78, 5) is 0. The van der Waals surface area contributed by atoms with Crippen molar-refractivity contribution in [2.45, 2.75) is 6.04 Å². The average molecular weight is 356 g/mol. The third-order valence-corrected chi connectivity index (χ3v) is 4.27. The van der Waals surface area contributed by atoms with Gasteiger partial charge in [-0.2, -0.15) is 0 Å². The SMILES string of the molecule is Brc1ccc([C@H]2CNCCN2)cc1Br.Cl. The van der Waals surface area contributed by atoms with Crippen LogP contribution in [0.4, 0.5) is 0 Å². The summed E-state index contributed by atoms with van der Waals surface area (Å²) in [5.74, 6) is 0. The first kappa shape index (κ1) is 13.5. The summed E-state index contributed by atoms with van der Waals surface area (Å²) >= 11 is 6.99. The molecule has 2 nitrogen and oxygen atoms in total. The molecule has 1 atom stereocenters. The van der Waals surface area contributed by atoms with E-state index in [0.29, 0.717) is 6.04 Å². The van der Waals surface area contributed by atoms with E-state index in [4.69, 9.17) is 0 Å². The zero-order valence-corrected chi connectivity index (χ0v) is 12.1. The van der Waals surface area contributed by atoms with Crippen LogP contribution in [0.3, 0.4) is 0 Å². The van der Waals surface area contributed by atoms with E-state index in [2.05, 4.69) is 60.7 Å². The number of nitrogens with one attached hydrogen (secondary N) is 2. The highest BCUT2D eigenvalue weighted by atomic mass is 79.9. The summed E-state index contributed by atoms with van der Waals surface area (Å²) in [5, 5.41) is 6.86. The highest BCUT2D eigenvalue weighted by Gasteiger charge is 2.14. The number of piperazine rings is 1. The largest absolute Gasteiger partial charge is 0.314 e. The van der Waals surface area contributed by atoms with Crippen LogP contribution in [0.5, 0.6) is 0 Å². The second kappa shape index (κ2) is 6.21. The lowest BCUT2D eigenvalue weighted by Gasteiger charge is -2.25. The maximum Gasteiger partial charge on any atom is 0.0447 e. The molecule has 0 aromatic heterocycles. The fourth-order valence-electron chi connectivity index (χ4n) is 1.62. The Morgan fingerprint density at radius 2 is 1.93 bits per heavy atom. The first-order valence-electron chi connectivity index (χ1n) is 4.66. The average Bonchev–Trinajstić information content (AvgIpc) is 2.23. The van der Waals surface area contributed by atoms with Crippen molar-refractivity contribution < 1.29 is 0 Å². The molecule has 2 N–H and O–H groups in total. The maximum atomic E-state index is 3.52. The highest BCUT2D eigenvalue weighted by Crippen LogP contribution is 2.26. The molecule has 1 aromatic rings. The van der Waals surface area contributed by atoms with E-state index in [1.807, 2.05) is 0 Å². The summed E-state index contributed by atoms with van der Waals surface area (Å²) in [7, 11) is 0. The fourth-order valence-corrected chi connectivity index (χ4v) is 2.26. The molecule has 0 unspecified atom stereocenters. The third kappa shape index (κ3) is 3.43. The molecule has 15 heavy (non-hydrogen) atoms. The van der Waals surface area contributed by atoms with Crippen molar-refractivity contribution in [3.05, 3.63) is 32.7 Å². The Hall–Kier alpha value is 0.390. The lowest BCUT2D eigenvalue weighted by Crippen LogP contribution is -2.42. The highest BCUT2D eigenvalue weighted by molar-refractivity contribution is 9.13. The quantitative estimate of drug-likeness (QED) is 0.809. The minimum Gasteiger partial charge on any atom is -0.314 e. The number of benzene rings is 1. The van der Waals surface area contributed by atoms with Crippen LogP contribution >= 0.6 is 44.3 Å². The van der Waals surface area contributed by atoms with Gasteiger partial charge in [0.05, 0.1) is 0 Å². The van der Waals surface area contributed by atoms with Crippen LogP contribution in [-0.2, 0) is 0 Å². The Balaban J connectivity index is 0.00000112. The fraction of sp³-hybridized carbons (Fsp3) is 0.400. The lowest BCUT2D eigenvalue weighted by molar-refractivity contribution is 0.430. The Kier molecular flexibility index (Phi) is 5.57. The number of hydrogen-bond donors (Lipinski definition) is 2. The molecule has 1 heterocycles. The van der Waals surface area contributed by atoms with E-state index in [1.165, 1.54) is 5.56 Å². The van der Waals surface area contributed by atoms with Gasteiger partial charge in [-0.15, -0.1) is 12.4 Å². The molecule has 0 amide bonds. The molecule has 84 valence electrons. The van der Waals surface area contributed by atoms with Crippen molar-refractivity contribution >= 4 is 44.3 Å². The van der Waals surface area contributed by atoms with Crippen molar-refractivity contribution in [2.24, 2.45) is 0 Å². The molecule has 1 aromatic carbocycles. The molecule has 1 aliphatic rings. The predicted molar refractivity (Wildman–Crippen MR) is 72.7 cm³/mol. The van der Waals surface area contributed by atoms with E-state index < -0.39 is 0 Å². The van der Waals surface area contributed by atoms with Gasteiger partial charge in [0.25, 0.3) is 0 Å². The number of halogens is 3. The predicted octanol–water partition coefficient (Wildman–Crippen LogP) is 2.87. The molecule has 0 radical (unpaired) electrons. The van der Waals surface area contributed by atoms with Crippen LogP contribution in [0.15, 0.2) is 27.1 Å². The molecule has 5 heteroatoms. The normalized spacial score (nSPS) is 20.8. The van der Waals surface area contributed by atoms with Gasteiger partial charge in [-0.25, -0.2) is 0 Å². The van der Waals surface area contributed by atoms with Gasteiger partial charge in [0.2, 0.25) is 0 Å². The second-order valence-corrected chi connectivity index (χ2v) is 5.09. The summed E-state index contributed by atoms with van der Waals surface area (Å²) in [6.45, 7) is 3.11. The van der Waals surface area contributed by atoms with E-state index in [0.717, 1.165) is 28.6 Å². The summed E-state index contributed by atoms with van der Waals surface area (Å²) in [6, 6.07) is 6.83. The molecule has 1 fully saturated rings. The first-order valence-corrected chi connectivity index (χ1v) is 6.25. The van der Waals surface area contributed by atoms with Gasteiger partial charge in [-0.3, -0.25) is 0 Å². The Morgan fingerprint density at radius 1 is 1.13 bits per heavy atom.